The molecule has 2 nitrogen and oxygen atoms in total. The van der Waals surface area contributed by atoms with Crippen LogP contribution in [0.2, 0.25) is 10.0 Å². The number of nitrogens with two attached hydrogens (primary N) is 1. The number of hydrogen-bond donors (Lipinski definition) is 2. The van der Waals surface area contributed by atoms with E-state index < -0.39 is 0 Å². The molecule has 4 aromatic rings. The van der Waals surface area contributed by atoms with Crippen molar-refractivity contribution in [1.82, 2.24) is 0 Å². The molecule has 0 unspecified atom stereocenters. The molecule has 0 saturated carbocycles. The average molecular weight is 580 g/mol. The highest BCUT2D eigenvalue weighted by molar-refractivity contribution is 9.10. The van der Waals surface area contributed by atoms with Crippen LogP contribution < -0.4 is 11.1 Å². The van der Waals surface area contributed by atoms with E-state index in [0.717, 1.165) is 21.4 Å². The van der Waals surface area contributed by atoms with Crippen LogP contribution in [0.25, 0.3) is 0 Å². The van der Waals surface area contributed by atoms with Gasteiger partial charge in [0.25, 0.3) is 0 Å². The molecule has 0 aliphatic heterocycles. The van der Waals surface area contributed by atoms with Gasteiger partial charge in [-0.05, 0) is 87.4 Å². The number of nitrogens with one attached hydrogen (secondary N) is 1. The molecule has 3 N–H and O–H groups in total. The minimum atomic E-state index is -0.350. The molecule has 0 saturated heterocycles. The van der Waals surface area contributed by atoms with Crippen LogP contribution in [0.5, 0.6) is 0 Å². The molecule has 184 valence electrons. The highest BCUT2D eigenvalue weighted by atomic mass is 79.9. The lowest BCUT2D eigenvalue weighted by Crippen LogP contribution is -1.95. The van der Waals surface area contributed by atoms with Crippen molar-refractivity contribution in [3.8, 4) is 0 Å². The first-order chi connectivity index (χ1) is 16.5. The predicted molar refractivity (Wildman–Crippen MR) is 150 cm³/mol. The summed E-state index contributed by atoms with van der Waals surface area (Å²) in [5.41, 5.74) is 11.5. The number of hydrogen-bond acceptors (Lipinski definition) is 2. The lowest BCUT2D eigenvalue weighted by molar-refractivity contribution is 0.626. The molecule has 0 amide bonds. The molecule has 0 aromatic heterocycles. The lowest BCUT2D eigenvalue weighted by Gasteiger charge is -2.12. The fraction of sp³-hybridized carbons (Fsp3) is 0.143. The average Bonchev–Trinajstić information content (AvgIpc) is 2.78. The van der Waals surface area contributed by atoms with Gasteiger partial charge in [-0.25, -0.2) is 8.78 Å². The van der Waals surface area contributed by atoms with Gasteiger partial charge in [0.2, 0.25) is 0 Å². The van der Waals surface area contributed by atoms with E-state index in [9.17, 15) is 8.78 Å². The van der Waals surface area contributed by atoms with Gasteiger partial charge in [0.15, 0.2) is 0 Å². The first kappa shape index (κ1) is 28.6. The quantitative estimate of drug-likeness (QED) is 0.232. The van der Waals surface area contributed by atoms with Crippen LogP contribution in [0.15, 0.2) is 77.3 Å². The smallest absolute Gasteiger partial charge is 0.125 e. The van der Waals surface area contributed by atoms with Gasteiger partial charge < -0.3 is 11.1 Å². The van der Waals surface area contributed by atoms with Gasteiger partial charge >= 0.3 is 0 Å². The minimum absolute atomic E-state index is 0.275. The van der Waals surface area contributed by atoms with Gasteiger partial charge in [0, 0.05) is 10.2 Å². The predicted octanol–water partition coefficient (Wildman–Crippen LogP) is 9.97. The maximum Gasteiger partial charge on any atom is 0.125 e. The molecule has 0 heterocycles. The van der Waals surface area contributed by atoms with Gasteiger partial charge in [-0.3, -0.25) is 0 Å². The van der Waals surface area contributed by atoms with Crippen LogP contribution in [-0.4, -0.2) is 0 Å². The normalized spacial score (nSPS) is 9.97. The van der Waals surface area contributed by atoms with E-state index in [1.54, 1.807) is 6.92 Å². The van der Waals surface area contributed by atoms with Crippen molar-refractivity contribution in [3.05, 3.63) is 121 Å². The van der Waals surface area contributed by atoms with Crippen LogP contribution in [0, 0.1) is 39.3 Å². The van der Waals surface area contributed by atoms with Gasteiger partial charge in [0.05, 0.1) is 21.4 Å². The maximum atomic E-state index is 13.1. The zero-order valence-corrected chi connectivity index (χ0v) is 23.0. The lowest BCUT2D eigenvalue weighted by atomic mass is 10.1. The van der Waals surface area contributed by atoms with Crippen molar-refractivity contribution < 1.29 is 8.78 Å². The van der Waals surface area contributed by atoms with E-state index in [2.05, 4.69) is 40.3 Å². The van der Waals surface area contributed by atoms with Crippen molar-refractivity contribution in [2.45, 2.75) is 27.7 Å². The van der Waals surface area contributed by atoms with E-state index in [-0.39, 0.29) is 16.7 Å². The second-order valence-corrected chi connectivity index (χ2v) is 9.71. The Kier molecular flexibility index (Phi) is 11.0. The van der Waals surface area contributed by atoms with Gasteiger partial charge in [-0.15, -0.1) is 0 Å². The number of rotatable bonds is 2. The van der Waals surface area contributed by atoms with E-state index in [4.69, 9.17) is 28.9 Å². The Morgan fingerprint density at radius 1 is 0.686 bits per heavy atom. The first-order valence-corrected chi connectivity index (χ1v) is 12.2. The Bertz CT molecular complexity index is 1190. The van der Waals surface area contributed by atoms with Crippen molar-refractivity contribution in [1.29, 1.82) is 0 Å². The summed E-state index contributed by atoms with van der Waals surface area (Å²) in [7, 11) is 0. The molecule has 7 heteroatoms. The number of halogens is 5. The standard InChI is InChI=1S/C14H13ClFN.C7H7Br.C7H7ClFN/c1-9-3-5-12(6-4-9)17-14-10(2)7-11(16)8-13(14)15;1-6-2-4-7(8)5-3-6;1-4-2-5(9)3-6(8)7(4)10/h3-8,17H,1-2H3;2-5H,1H3;2-3H,10H2,1H3. The second kappa shape index (κ2) is 13.5. The molecular formula is C28H27BrCl2F2N2. The molecule has 0 atom stereocenters. The SMILES string of the molecule is Cc1cc(F)cc(Cl)c1N.Cc1ccc(Br)cc1.Cc1ccc(Nc2c(C)cc(F)cc2Cl)cc1. The highest BCUT2D eigenvalue weighted by Gasteiger charge is 2.07. The Labute approximate surface area is 224 Å². The topological polar surface area (TPSA) is 38.0 Å². The van der Waals surface area contributed by atoms with Gasteiger partial charge in [0.1, 0.15) is 11.6 Å². The maximum absolute atomic E-state index is 13.1. The van der Waals surface area contributed by atoms with Crippen LogP contribution >= 0.6 is 39.1 Å². The van der Waals surface area contributed by atoms with Crippen LogP contribution in [-0.2, 0) is 0 Å². The fourth-order valence-corrected chi connectivity index (χ4v) is 3.71. The summed E-state index contributed by atoms with van der Waals surface area (Å²) in [4.78, 5) is 0. The third-order valence-electron chi connectivity index (χ3n) is 4.89. The van der Waals surface area contributed by atoms with E-state index in [0.29, 0.717) is 16.3 Å². The van der Waals surface area contributed by atoms with E-state index in [1.807, 2.05) is 50.2 Å². The Morgan fingerprint density at radius 2 is 1.14 bits per heavy atom. The largest absolute Gasteiger partial charge is 0.397 e. The minimum Gasteiger partial charge on any atom is -0.397 e. The third-order valence-corrected chi connectivity index (χ3v) is 6.02. The van der Waals surface area contributed by atoms with Crippen LogP contribution in [0.1, 0.15) is 22.3 Å². The molecule has 4 rings (SSSR count). The molecule has 0 aliphatic carbocycles. The monoisotopic (exact) mass is 578 g/mol. The summed E-state index contributed by atoms with van der Waals surface area (Å²) < 4.78 is 26.7. The Balaban J connectivity index is 0.000000204. The Hall–Kier alpha value is -2.60. The van der Waals surface area contributed by atoms with Crippen molar-refractivity contribution in [2.75, 3.05) is 11.1 Å². The van der Waals surface area contributed by atoms with Crippen LogP contribution in [0.4, 0.5) is 25.8 Å². The number of aryl methyl sites for hydroxylation is 4. The molecule has 0 bridgehead atoms. The number of anilines is 3. The van der Waals surface area contributed by atoms with Crippen LogP contribution in [0.3, 0.4) is 0 Å². The number of nitrogen functional groups attached to an aromatic ring is 1. The summed E-state index contributed by atoms with van der Waals surface area (Å²) in [6.07, 6.45) is 0. The second-order valence-electron chi connectivity index (χ2n) is 7.98. The fourth-order valence-electron chi connectivity index (χ4n) is 2.89. The highest BCUT2D eigenvalue weighted by Crippen LogP contribution is 2.30. The molecule has 0 spiro atoms. The zero-order chi connectivity index (χ0) is 26.1. The summed E-state index contributed by atoms with van der Waals surface area (Å²) in [6.45, 7) is 7.64. The van der Waals surface area contributed by atoms with Crippen molar-refractivity contribution in [3.63, 3.8) is 0 Å². The first-order valence-electron chi connectivity index (χ1n) is 10.7. The molecule has 4 aromatic carbocycles. The number of benzene rings is 4. The van der Waals surface area contributed by atoms with E-state index in [1.165, 1.54) is 35.4 Å². The van der Waals surface area contributed by atoms with E-state index >= 15 is 0 Å². The van der Waals surface area contributed by atoms with Gasteiger partial charge in [-0.1, -0.05) is 74.5 Å². The van der Waals surface area contributed by atoms with Crippen molar-refractivity contribution >= 4 is 56.2 Å². The van der Waals surface area contributed by atoms with Gasteiger partial charge in [-0.2, -0.15) is 0 Å². The summed E-state index contributed by atoms with van der Waals surface area (Å²) in [5.74, 6) is -0.668. The summed E-state index contributed by atoms with van der Waals surface area (Å²) >= 11 is 14.9. The third kappa shape index (κ3) is 9.52. The molecule has 0 aliphatic rings. The zero-order valence-electron chi connectivity index (χ0n) is 19.9. The van der Waals surface area contributed by atoms with Crippen molar-refractivity contribution in [2.24, 2.45) is 0 Å². The molecule has 35 heavy (non-hydrogen) atoms. The Morgan fingerprint density at radius 3 is 1.60 bits per heavy atom. The molecule has 0 fully saturated rings. The molecule has 0 radical (unpaired) electrons. The summed E-state index contributed by atoms with van der Waals surface area (Å²) in [5, 5.41) is 3.86. The summed E-state index contributed by atoms with van der Waals surface area (Å²) in [6, 6.07) is 21.5. The molecular weight excluding hydrogens is 553 g/mol.